The first-order valence-corrected chi connectivity index (χ1v) is 9.51. The lowest BCUT2D eigenvalue weighted by Crippen LogP contribution is -2.51. The summed E-state index contributed by atoms with van der Waals surface area (Å²) >= 11 is 1.66. The Morgan fingerprint density at radius 1 is 1.28 bits per heavy atom. The number of nitrogens with zero attached hydrogens (tertiary/aromatic N) is 2. The number of aliphatic carboxylic acids is 1. The maximum Gasteiger partial charge on any atom is 0.305 e. The largest absolute Gasteiger partial charge is 0.481 e. The lowest BCUT2D eigenvalue weighted by molar-refractivity contribution is -0.143. The number of thioether (sulfide) groups is 1. The van der Waals surface area contributed by atoms with E-state index < -0.39 is 5.97 Å². The van der Waals surface area contributed by atoms with Crippen LogP contribution in [0.4, 0.5) is 0 Å². The van der Waals surface area contributed by atoms with Gasteiger partial charge in [0.25, 0.3) is 0 Å². The molecular formula is C18H24N2O4S. The Hall–Kier alpha value is -2.02. The number of carboxylic acids is 1. The fourth-order valence-corrected chi connectivity index (χ4v) is 3.93. The van der Waals surface area contributed by atoms with Crippen molar-refractivity contribution in [2.24, 2.45) is 0 Å². The van der Waals surface area contributed by atoms with E-state index in [1.165, 1.54) is 11.8 Å². The van der Waals surface area contributed by atoms with Crippen LogP contribution in [-0.2, 0) is 20.8 Å². The summed E-state index contributed by atoms with van der Waals surface area (Å²) in [4.78, 5) is 38.7. The van der Waals surface area contributed by atoms with Gasteiger partial charge in [-0.05, 0) is 12.0 Å². The Balaban J connectivity index is 1.96. The molecule has 136 valence electrons. The number of hydrogen-bond acceptors (Lipinski definition) is 4. The minimum Gasteiger partial charge on any atom is -0.481 e. The van der Waals surface area contributed by atoms with Gasteiger partial charge in [-0.25, -0.2) is 0 Å². The van der Waals surface area contributed by atoms with Gasteiger partial charge in [0, 0.05) is 31.5 Å². The molecule has 0 spiro atoms. The van der Waals surface area contributed by atoms with Crippen LogP contribution in [0.15, 0.2) is 30.3 Å². The lowest BCUT2D eigenvalue weighted by Gasteiger charge is -2.36. The van der Waals surface area contributed by atoms with E-state index in [4.69, 9.17) is 5.11 Å². The summed E-state index contributed by atoms with van der Waals surface area (Å²) in [6, 6.07) is 9.51. The number of hydrogen-bond donors (Lipinski definition) is 1. The van der Waals surface area contributed by atoms with Crippen LogP contribution in [0.5, 0.6) is 0 Å². The normalized spacial score (nSPS) is 17.2. The van der Waals surface area contributed by atoms with E-state index >= 15 is 0 Å². The average molecular weight is 364 g/mol. The fourth-order valence-electron chi connectivity index (χ4n) is 2.86. The van der Waals surface area contributed by atoms with Gasteiger partial charge < -0.3 is 14.9 Å². The van der Waals surface area contributed by atoms with Crippen LogP contribution in [0.1, 0.15) is 18.9 Å². The van der Waals surface area contributed by atoms with Gasteiger partial charge in [0.15, 0.2) is 0 Å². The molecule has 1 aliphatic rings. The van der Waals surface area contributed by atoms with Crippen molar-refractivity contribution in [3.63, 3.8) is 0 Å². The third-order valence-corrected chi connectivity index (χ3v) is 5.33. The van der Waals surface area contributed by atoms with Crippen LogP contribution >= 0.6 is 11.8 Å². The highest BCUT2D eigenvalue weighted by Crippen LogP contribution is 2.19. The highest BCUT2D eigenvalue weighted by atomic mass is 32.2. The second kappa shape index (κ2) is 9.46. The minimum absolute atomic E-state index is 0.00293. The van der Waals surface area contributed by atoms with Gasteiger partial charge in [-0.15, -0.1) is 0 Å². The molecule has 1 aliphatic heterocycles. The zero-order valence-corrected chi connectivity index (χ0v) is 15.2. The summed E-state index contributed by atoms with van der Waals surface area (Å²) in [7, 11) is 0. The van der Waals surface area contributed by atoms with Crippen molar-refractivity contribution in [3.05, 3.63) is 35.9 Å². The molecule has 25 heavy (non-hydrogen) atoms. The molecule has 1 atom stereocenters. The molecule has 1 heterocycles. The van der Waals surface area contributed by atoms with Crippen molar-refractivity contribution in [1.29, 1.82) is 0 Å². The predicted molar refractivity (Wildman–Crippen MR) is 97.5 cm³/mol. The summed E-state index contributed by atoms with van der Waals surface area (Å²) in [5.74, 6) is 0.201. The zero-order valence-electron chi connectivity index (χ0n) is 14.4. The van der Waals surface area contributed by atoms with Crippen molar-refractivity contribution >= 4 is 29.5 Å². The molecular weight excluding hydrogens is 340 g/mol. The van der Waals surface area contributed by atoms with E-state index in [9.17, 15) is 14.4 Å². The van der Waals surface area contributed by atoms with Crippen LogP contribution in [0.2, 0.25) is 0 Å². The van der Waals surface area contributed by atoms with Crippen LogP contribution in [0.25, 0.3) is 0 Å². The second-order valence-corrected chi connectivity index (χ2v) is 7.24. The van der Waals surface area contributed by atoms with Crippen LogP contribution in [0.3, 0.4) is 0 Å². The van der Waals surface area contributed by atoms with Crippen LogP contribution in [0, 0.1) is 0 Å². The van der Waals surface area contributed by atoms with Gasteiger partial charge in [0.05, 0.1) is 19.0 Å². The van der Waals surface area contributed by atoms with Gasteiger partial charge in [-0.3, -0.25) is 14.4 Å². The first-order chi connectivity index (χ1) is 12.0. The van der Waals surface area contributed by atoms with E-state index in [1.54, 1.807) is 16.7 Å². The Kier molecular flexibility index (Phi) is 7.31. The molecule has 7 heteroatoms. The van der Waals surface area contributed by atoms with Gasteiger partial charge in [0.1, 0.15) is 0 Å². The van der Waals surface area contributed by atoms with Gasteiger partial charge in [0.2, 0.25) is 11.8 Å². The number of amides is 2. The molecule has 1 fully saturated rings. The Bertz CT molecular complexity index is 608. The molecule has 0 aliphatic carbocycles. The van der Waals surface area contributed by atoms with E-state index in [2.05, 4.69) is 0 Å². The van der Waals surface area contributed by atoms with Crippen molar-refractivity contribution in [3.8, 4) is 0 Å². The van der Waals surface area contributed by atoms with E-state index in [0.29, 0.717) is 25.3 Å². The monoisotopic (exact) mass is 364 g/mol. The van der Waals surface area contributed by atoms with Crippen molar-refractivity contribution in [2.45, 2.75) is 25.8 Å². The molecule has 6 nitrogen and oxygen atoms in total. The molecule has 1 aromatic rings. The van der Waals surface area contributed by atoms with E-state index in [0.717, 1.165) is 11.3 Å². The second-order valence-electron chi connectivity index (χ2n) is 6.09. The van der Waals surface area contributed by atoms with Gasteiger partial charge in [-0.2, -0.15) is 11.8 Å². The maximum absolute atomic E-state index is 12.6. The summed E-state index contributed by atoms with van der Waals surface area (Å²) in [5.41, 5.74) is 1.11. The molecule has 2 rings (SSSR count). The van der Waals surface area contributed by atoms with E-state index in [1.807, 2.05) is 30.3 Å². The number of carboxylic acid groups (broad SMARTS) is 1. The molecule has 1 unspecified atom stereocenters. The highest BCUT2D eigenvalue weighted by Gasteiger charge is 2.30. The number of carbonyl (C=O) groups is 3. The third kappa shape index (κ3) is 6.08. The quantitative estimate of drug-likeness (QED) is 0.793. The topological polar surface area (TPSA) is 77.9 Å². The molecule has 0 aromatic heterocycles. The molecule has 1 saturated heterocycles. The summed E-state index contributed by atoms with van der Waals surface area (Å²) in [6.07, 6.45) is 0.630. The summed E-state index contributed by atoms with van der Waals surface area (Å²) in [5, 5.41) is 9.03. The standard InChI is InChI=1S/C18H24N2O4S/c1-14(21)19(8-7-15-5-3-2-4-6-15)12-17(22)20-9-10-25-13-16(20)11-18(23)24/h2-6,16H,7-13H2,1H3,(H,23,24). The first-order valence-electron chi connectivity index (χ1n) is 8.36. The Labute approximate surface area is 152 Å². The third-order valence-electron chi connectivity index (χ3n) is 4.24. The smallest absolute Gasteiger partial charge is 0.305 e. The Morgan fingerprint density at radius 2 is 2.00 bits per heavy atom. The molecule has 0 radical (unpaired) electrons. The average Bonchev–Trinajstić information content (AvgIpc) is 2.59. The predicted octanol–water partition coefficient (Wildman–Crippen LogP) is 1.50. The zero-order chi connectivity index (χ0) is 18.2. The van der Waals surface area contributed by atoms with Crippen LogP contribution in [-0.4, -0.2) is 69.9 Å². The SMILES string of the molecule is CC(=O)N(CCc1ccccc1)CC(=O)N1CCSCC1CC(=O)O. The van der Waals surface area contributed by atoms with Gasteiger partial charge >= 0.3 is 5.97 Å². The summed E-state index contributed by atoms with van der Waals surface area (Å²) < 4.78 is 0. The van der Waals surface area contributed by atoms with Gasteiger partial charge in [-0.1, -0.05) is 30.3 Å². The molecule has 1 aromatic carbocycles. The highest BCUT2D eigenvalue weighted by molar-refractivity contribution is 7.99. The van der Waals surface area contributed by atoms with E-state index in [-0.39, 0.29) is 30.8 Å². The molecule has 0 saturated carbocycles. The van der Waals surface area contributed by atoms with Crippen molar-refractivity contribution in [2.75, 3.05) is 31.1 Å². The first kappa shape index (κ1) is 19.3. The lowest BCUT2D eigenvalue weighted by atomic mass is 10.1. The van der Waals surface area contributed by atoms with Crippen LogP contribution < -0.4 is 0 Å². The molecule has 1 N–H and O–H groups in total. The Morgan fingerprint density at radius 3 is 2.64 bits per heavy atom. The van der Waals surface area contributed by atoms with Crippen molar-refractivity contribution < 1.29 is 19.5 Å². The number of carbonyl (C=O) groups excluding carboxylic acids is 2. The summed E-state index contributed by atoms with van der Waals surface area (Å²) in [6.45, 7) is 2.46. The number of benzene rings is 1. The van der Waals surface area contributed by atoms with Crippen molar-refractivity contribution in [1.82, 2.24) is 9.80 Å². The molecule has 2 amide bonds. The maximum atomic E-state index is 12.6. The molecule has 0 bridgehead atoms. The number of rotatable bonds is 7. The minimum atomic E-state index is -0.905. The fraction of sp³-hybridized carbons (Fsp3) is 0.500.